The van der Waals surface area contributed by atoms with Gasteiger partial charge in [-0.1, -0.05) is 41.9 Å². The van der Waals surface area contributed by atoms with E-state index in [1.54, 1.807) is 24.3 Å². The van der Waals surface area contributed by atoms with Gasteiger partial charge in [0.1, 0.15) is 6.04 Å². The Bertz CT molecular complexity index is 821. The largest absolute Gasteiger partial charge is 0.359 e. The molecule has 0 spiro atoms. The molecular weight excluding hydrogens is 324 g/mol. The molecule has 0 radical (unpaired) electrons. The monoisotopic (exact) mass is 340 g/mol. The lowest BCUT2D eigenvalue weighted by Gasteiger charge is -2.34. The summed E-state index contributed by atoms with van der Waals surface area (Å²) in [6.45, 7) is 0.789. The van der Waals surface area contributed by atoms with E-state index < -0.39 is 6.04 Å². The minimum absolute atomic E-state index is 0.190. The van der Waals surface area contributed by atoms with Gasteiger partial charge in [0.25, 0.3) is 5.91 Å². The van der Waals surface area contributed by atoms with Crippen molar-refractivity contribution >= 4 is 34.8 Å². The highest BCUT2D eigenvalue weighted by Crippen LogP contribution is 2.35. The maximum Gasteiger partial charge on any atom is 0.257 e. The lowest BCUT2D eigenvalue weighted by atomic mass is 9.99. The number of imide groups is 1. The van der Waals surface area contributed by atoms with Crippen molar-refractivity contribution in [1.29, 1.82) is 0 Å². The summed E-state index contributed by atoms with van der Waals surface area (Å²) in [5.41, 5.74) is 2.78. The van der Waals surface area contributed by atoms with Gasteiger partial charge in [0.05, 0.1) is 17.1 Å². The Labute approximate surface area is 145 Å². The number of hydrogen-bond donors (Lipinski definition) is 0. The molecule has 1 fully saturated rings. The van der Waals surface area contributed by atoms with Crippen molar-refractivity contribution in [2.45, 2.75) is 25.3 Å². The maximum absolute atomic E-state index is 13.0. The molecule has 5 heteroatoms. The number of amides is 2. The summed E-state index contributed by atoms with van der Waals surface area (Å²) < 4.78 is 0. The molecule has 0 N–H and O–H groups in total. The van der Waals surface area contributed by atoms with Crippen LogP contribution in [0.3, 0.4) is 0 Å². The van der Waals surface area contributed by atoms with Crippen LogP contribution in [0.25, 0.3) is 0 Å². The van der Waals surface area contributed by atoms with E-state index in [9.17, 15) is 9.59 Å². The number of anilines is 2. The molecule has 122 valence electrons. The summed E-state index contributed by atoms with van der Waals surface area (Å²) in [6.07, 6.45) is 2.19. The zero-order valence-corrected chi connectivity index (χ0v) is 13.9. The van der Waals surface area contributed by atoms with E-state index in [2.05, 4.69) is 11.0 Å². The van der Waals surface area contributed by atoms with Gasteiger partial charge in [-0.15, -0.1) is 0 Å². The minimum atomic E-state index is -0.449. The number of para-hydroxylation sites is 2. The highest BCUT2D eigenvalue weighted by molar-refractivity contribution is 6.36. The summed E-state index contributed by atoms with van der Waals surface area (Å²) in [7, 11) is 0. The molecule has 1 atom stereocenters. The average molecular weight is 341 g/mol. The van der Waals surface area contributed by atoms with Gasteiger partial charge in [0, 0.05) is 12.2 Å². The van der Waals surface area contributed by atoms with Gasteiger partial charge in [-0.3, -0.25) is 9.59 Å². The zero-order valence-electron chi connectivity index (χ0n) is 13.1. The molecule has 2 heterocycles. The van der Waals surface area contributed by atoms with E-state index in [-0.39, 0.29) is 18.2 Å². The van der Waals surface area contributed by atoms with Gasteiger partial charge >= 0.3 is 0 Å². The van der Waals surface area contributed by atoms with Crippen LogP contribution in [-0.2, 0) is 16.0 Å². The first-order chi connectivity index (χ1) is 11.7. The summed E-state index contributed by atoms with van der Waals surface area (Å²) >= 11 is 6.19. The number of rotatable bonds is 2. The molecule has 2 aromatic rings. The number of fused-ring (bicyclic) bond motifs is 1. The van der Waals surface area contributed by atoms with Crippen LogP contribution in [0, 0.1) is 0 Å². The normalized spacial score (nSPS) is 20.5. The Balaban J connectivity index is 1.69. The van der Waals surface area contributed by atoms with E-state index in [0.29, 0.717) is 10.7 Å². The number of hydrogen-bond acceptors (Lipinski definition) is 3. The van der Waals surface area contributed by atoms with Crippen LogP contribution in [0.15, 0.2) is 48.5 Å². The summed E-state index contributed by atoms with van der Waals surface area (Å²) in [6, 6.07) is 14.6. The molecule has 2 aliphatic rings. The third-order valence-corrected chi connectivity index (χ3v) is 5.06. The van der Waals surface area contributed by atoms with Gasteiger partial charge in [-0.05, 0) is 36.6 Å². The average Bonchev–Trinajstić information content (AvgIpc) is 2.89. The summed E-state index contributed by atoms with van der Waals surface area (Å²) in [4.78, 5) is 28.8. The lowest BCUT2D eigenvalue weighted by Crippen LogP contribution is -2.44. The standard InChI is InChI=1S/C19H17ClN2O2/c20-14-8-2-4-10-16(14)22-18(23)12-17(19(22)24)21-11-5-7-13-6-1-3-9-15(13)21/h1-4,6,8-10,17H,5,7,11-12H2/t17-/m0/s1. The number of aryl methyl sites for hydroxylation is 1. The molecule has 4 nitrogen and oxygen atoms in total. The second-order valence-corrected chi connectivity index (χ2v) is 6.57. The summed E-state index contributed by atoms with van der Waals surface area (Å²) in [5, 5.41) is 0.416. The fraction of sp³-hybridized carbons (Fsp3) is 0.263. The van der Waals surface area contributed by atoms with Crippen molar-refractivity contribution in [2.75, 3.05) is 16.3 Å². The lowest BCUT2D eigenvalue weighted by molar-refractivity contribution is -0.121. The van der Waals surface area contributed by atoms with E-state index in [1.807, 2.05) is 18.2 Å². The van der Waals surface area contributed by atoms with Gasteiger partial charge in [-0.2, -0.15) is 0 Å². The number of carbonyl (C=O) groups is 2. The quantitative estimate of drug-likeness (QED) is 0.786. The van der Waals surface area contributed by atoms with Crippen LogP contribution in [0.4, 0.5) is 11.4 Å². The van der Waals surface area contributed by atoms with Crippen molar-refractivity contribution in [1.82, 2.24) is 0 Å². The fourth-order valence-electron chi connectivity index (χ4n) is 3.63. The Kier molecular flexibility index (Phi) is 3.77. The van der Waals surface area contributed by atoms with Crippen molar-refractivity contribution in [2.24, 2.45) is 0 Å². The van der Waals surface area contributed by atoms with Crippen LogP contribution < -0.4 is 9.80 Å². The molecule has 2 amide bonds. The van der Waals surface area contributed by atoms with Gasteiger partial charge < -0.3 is 4.90 Å². The predicted octanol–water partition coefficient (Wildman–Crippen LogP) is 3.42. The number of nitrogens with zero attached hydrogens (tertiary/aromatic N) is 2. The highest BCUT2D eigenvalue weighted by Gasteiger charge is 2.44. The third kappa shape index (κ3) is 2.38. The number of benzene rings is 2. The molecule has 0 saturated carbocycles. The molecule has 0 aliphatic carbocycles. The van der Waals surface area contributed by atoms with Crippen LogP contribution in [-0.4, -0.2) is 24.4 Å². The Morgan fingerprint density at radius 2 is 1.67 bits per heavy atom. The van der Waals surface area contributed by atoms with Crippen molar-refractivity contribution in [3.8, 4) is 0 Å². The van der Waals surface area contributed by atoms with Gasteiger partial charge in [0.15, 0.2) is 0 Å². The molecule has 24 heavy (non-hydrogen) atoms. The number of carbonyl (C=O) groups excluding carboxylic acids is 2. The zero-order chi connectivity index (χ0) is 16.7. The molecule has 1 saturated heterocycles. The van der Waals surface area contributed by atoms with Crippen molar-refractivity contribution < 1.29 is 9.59 Å². The highest BCUT2D eigenvalue weighted by atomic mass is 35.5. The first kappa shape index (κ1) is 15.2. The molecule has 0 unspecified atom stereocenters. The third-order valence-electron chi connectivity index (χ3n) is 4.74. The minimum Gasteiger partial charge on any atom is -0.359 e. The van der Waals surface area contributed by atoms with Crippen molar-refractivity contribution in [3.05, 3.63) is 59.1 Å². The first-order valence-corrected chi connectivity index (χ1v) is 8.50. The SMILES string of the molecule is O=C1C[C@H](N2CCCc3ccccc32)C(=O)N1c1ccccc1Cl. The fourth-order valence-corrected chi connectivity index (χ4v) is 3.85. The van der Waals surface area contributed by atoms with Gasteiger partial charge in [-0.25, -0.2) is 4.90 Å². The summed E-state index contributed by atoms with van der Waals surface area (Å²) in [5.74, 6) is -0.383. The van der Waals surface area contributed by atoms with E-state index >= 15 is 0 Å². The molecule has 2 aliphatic heterocycles. The maximum atomic E-state index is 13.0. The van der Waals surface area contributed by atoms with E-state index in [4.69, 9.17) is 11.6 Å². The second-order valence-electron chi connectivity index (χ2n) is 6.16. The predicted molar refractivity (Wildman–Crippen MR) is 94.5 cm³/mol. The Hall–Kier alpha value is -2.33. The van der Waals surface area contributed by atoms with Crippen molar-refractivity contribution in [3.63, 3.8) is 0 Å². The van der Waals surface area contributed by atoms with E-state index in [0.717, 1.165) is 25.1 Å². The first-order valence-electron chi connectivity index (χ1n) is 8.12. The molecule has 2 aromatic carbocycles. The second kappa shape index (κ2) is 5.95. The van der Waals surface area contributed by atoms with Crippen LogP contribution in [0.2, 0.25) is 5.02 Å². The smallest absolute Gasteiger partial charge is 0.257 e. The molecule has 0 bridgehead atoms. The Morgan fingerprint density at radius 3 is 2.46 bits per heavy atom. The number of halogens is 1. The van der Waals surface area contributed by atoms with Crippen LogP contribution in [0.1, 0.15) is 18.4 Å². The Morgan fingerprint density at radius 1 is 0.958 bits per heavy atom. The van der Waals surface area contributed by atoms with E-state index in [1.165, 1.54) is 10.5 Å². The molecule has 0 aromatic heterocycles. The van der Waals surface area contributed by atoms with Gasteiger partial charge in [0.2, 0.25) is 5.91 Å². The topological polar surface area (TPSA) is 40.6 Å². The molecule has 4 rings (SSSR count). The molecular formula is C19H17ClN2O2. The van der Waals surface area contributed by atoms with Crippen LogP contribution >= 0.6 is 11.6 Å². The van der Waals surface area contributed by atoms with Crippen LogP contribution in [0.5, 0.6) is 0 Å².